The standard InChI is InChI=1S/C22H29N3OS.ClH/c1-16(19-15-27-21-9-5-4-7-18(19)21)13-24-11-12-25(14-17(24)2)22-20(26-3)8-6-10-23-22;/h4-10,16-17,19H,11-15H2,1-3H3;1H. The minimum absolute atomic E-state index is 0. The molecular weight excluding hydrogens is 390 g/mol. The van der Waals surface area contributed by atoms with E-state index in [0.717, 1.165) is 37.7 Å². The zero-order valence-electron chi connectivity index (χ0n) is 16.9. The van der Waals surface area contributed by atoms with Gasteiger partial charge in [-0.25, -0.2) is 4.98 Å². The third kappa shape index (κ3) is 4.27. The molecule has 2 aromatic rings. The largest absolute Gasteiger partial charge is 0.493 e. The number of pyridine rings is 1. The van der Waals surface area contributed by atoms with Crippen LogP contribution in [0.1, 0.15) is 25.3 Å². The average Bonchev–Trinajstić information content (AvgIpc) is 3.13. The van der Waals surface area contributed by atoms with Gasteiger partial charge in [-0.2, -0.15) is 0 Å². The Balaban J connectivity index is 0.00000225. The molecule has 3 heterocycles. The van der Waals surface area contributed by atoms with Crippen LogP contribution in [0.4, 0.5) is 5.82 Å². The van der Waals surface area contributed by atoms with E-state index in [1.54, 1.807) is 12.7 Å². The van der Waals surface area contributed by atoms with Gasteiger partial charge in [0.15, 0.2) is 11.6 Å². The predicted molar refractivity (Wildman–Crippen MR) is 120 cm³/mol. The lowest BCUT2D eigenvalue weighted by Crippen LogP contribution is -2.53. The van der Waals surface area contributed by atoms with Gasteiger partial charge in [0.05, 0.1) is 7.11 Å². The molecule has 0 saturated carbocycles. The summed E-state index contributed by atoms with van der Waals surface area (Å²) in [5.41, 5.74) is 1.56. The maximum atomic E-state index is 5.51. The number of piperazine rings is 1. The van der Waals surface area contributed by atoms with E-state index < -0.39 is 0 Å². The Morgan fingerprint density at radius 3 is 2.82 bits per heavy atom. The Bertz CT molecular complexity index is 790. The van der Waals surface area contributed by atoms with E-state index in [0.29, 0.717) is 17.9 Å². The normalized spacial score (nSPS) is 23.0. The monoisotopic (exact) mass is 419 g/mol. The molecule has 0 radical (unpaired) electrons. The number of thioether (sulfide) groups is 1. The number of hydrogen-bond donors (Lipinski definition) is 0. The minimum Gasteiger partial charge on any atom is -0.493 e. The molecule has 3 atom stereocenters. The van der Waals surface area contributed by atoms with Gasteiger partial charge in [0.25, 0.3) is 0 Å². The molecule has 3 unspecified atom stereocenters. The molecule has 28 heavy (non-hydrogen) atoms. The molecule has 6 heteroatoms. The van der Waals surface area contributed by atoms with Crippen LogP contribution in [-0.4, -0.2) is 55.0 Å². The van der Waals surface area contributed by atoms with Gasteiger partial charge in [-0.05, 0) is 42.5 Å². The molecule has 2 aliphatic rings. The lowest BCUT2D eigenvalue weighted by atomic mass is 9.88. The van der Waals surface area contributed by atoms with E-state index in [1.165, 1.54) is 10.6 Å². The summed E-state index contributed by atoms with van der Waals surface area (Å²) in [5, 5.41) is 0. The van der Waals surface area contributed by atoms with Gasteiger partial charge in [0, 0.05) is 49.1 Å². The summed E-state index contributed by atoms with van der Waals surface area (Å²) in [6.45, 7) is 9.00. The number of aromatic nitrogens is 1. The Hall–Kier alpha value is -1.43. The van der Waals surface area contributed by atoms with Gasteiger partial charge in [0.2, 0.25) is 0 Å². The molecule has 4 nitrogen and oxygen atoms in total. The summed E-state index contributed by atoms with van der Waals surface area (Å²) < 4.78 is 5.51. The second-order valence-corrected chi connectivity index (χ2v) is 8.81. The highest BCUT2D eigenvalue weighted by molar-refractivity contribution is 7.99. The van der Waals surface area contributed by atoms with Crippen LogP contribution in [0.25, 0.3) is 0 Å². The second-order valence-electron chi connectivity index (χ2n) is 7.75. The molecule has 0 N–H and O–H groups in total. The lowest BCUT2D eigenvalue weighted by molar-refractivity contribution is 0.157. The van der Waals surface area contributed by atoms with E-state index in [2.05, 4.69) is 52.9 Å². The number of halogens is 1. The molecule has 2 aliphatic heterocycles. The van der Waals surface area contributed by atoms with Gasteiger partial charge < -0.3 is 9.64 Å². The van der Waals surface area contributed by atoms with E-state index >= 15 is 0 Å². The van der Waals surface area contributed by atoms with Crippen molar-refractivity contribution in [2.45, 2.75) is 30.7 Å². The van der Waals surface area contributed by atoms with Crippen molar-refractivity contribution < 1.29 is 4.74 Å². The van der Waals surface area contributed by atoms with Crippen molar-refractivity contribution in [3.63, 3.8) is 0 Å². The summed E-state index contributed by atoms with van der Waals surface area (Å²) in [5.74, 6) is 4.40. The third-order valence-electron chi connectivity index (χ3n) is 5.98. The van der Waals surface area contributed by atoms with Gasteiger partial charge in [0.1, 0.15) is 0 Å². The van der Waals surface area contributed by atoms with Crippen LogP contribution in [0.5, 0.6) is 5.75 Å². The highest BCUT2D eigenvalue weighted by atomic mass is 35.5. The molecule has 4 rings (SSSR count). The SMILES string of the molecule is COc1cccnc1N1CCN(CC(C)C2CSc3ccccc32)C(C)C1.Cl. The molecule has 0 bridgehead atoms. The van der Waals surface area contributed by atoms with Gasteiger partial charge >= 0.3 is 0 Å². The van der Waals surface area contributed by atoms with E-state index in [1.807, 2.05) is 30.1 Å². The van der Waals surface area contributed by atoms with Crippen molar-refractivity contribution in [2.24, 2.45) is 5.92 Å². The fourth-order valence-electron chi connectivity index (χ4n) is 4.39. The van der Waals surface area contributed by atoms with Crippen LogP contribution in [-0.2, 0) is 0 Å². The fourth-order valence-corrected chi connectivity index (χ4v) is 5.82. The molecular formula is C22H30ClN3OS. The van der Waals surface area contributed by atoms with Crippen LogP contribution < -0.4 is 9.64 Å². The summed E-state index contributed by atoms with van der Waals surface area (Å²) >= 11 is 2.02. The van der Waals surface area contributed by atoms with Crippen LogP contribution in [0.2, 0.25) is 0 Å². The number of hydrogen-bond acceptors (Lipinski definition) is 5. The van der Waals surface area contributed by atoms with Crippen LogP contribution in [0, 0.1) is 5.92 Å². The van der Waals surface area contributed by atoms with E-state index in [4.69, 9.17) is 4.74 Å². The highest BCUT2D eigenvalue weighted by Crippen LogP contribution is 2.43. The first-order chi connectivity index (χ1) is 13.2. The van der Waals surface area contributed by atoms with Crippen molar-refractivity contribution in [3.05, 3.63) is 48.2 Å². The molecule has 1 saturated heterocycles. The van der Waals surface area contributed by atoms with Crippen molar-refractivity contribution in [1.82, 2.24) is 9.88 Å². The number of anilines is 1. The molecule has 0 amide bonds. The summed E-state index contributed by atoms with van der Waals surface area (Å²) in [6, 6.07) is 13.4. The Morgan fingerprint density at radius 2 is 2.04 bits per heavy atom. The Morgan fingerprint density at radius 1 is 1.21 bits per heavy atom. The van der Waals surface area contributed by atoms with E-state index in [-0.39, 0.29) is 12.4 Å². The van der Waals surface area contributed by atoms with Crippen LogP contribution >= 0.6 is 24.2 Å². The van der Waals surface area contributed by atoms with Crippen LogP contribution in [0.3, 0.4) is 0 Å². The van der Waals surface area contributed by atoms with Crippen molar-refractivity contribution >= 4 is 30.0 Å². The first-order valence-electron chi connectivity index (χ1n) is 9.87. The number of fused-ring (bicyclic) bond motifs is 1. The van der Waals surface area contributed by atoms with Gasteiger partial charge in [-0.1, -0.05) is 25.1 Å². The number of methoxy groups -OCH3 is 1. The summed E-state index contributed by atoms with van der Waals surface area (Å²) in [6.07, 6.45) is 1.85. The Kier molecular flexibility index (Phi) is 7.13. The first-order valence-corrected chi connectivity index (χ1v) is 10.9. The zero-order chi connectivity index (χ0) is 18.8. The maximum absolute atomic E-state index is 5.51. The summed E-state index contributed by atoms with van der Waals surface area (Å²) in [7, 11) is 1.72. The molecule has 1 aromatic heterocycles. The molecule has 1 aromatic carbocycles. The van der Waals surface area contributed by atoms with Crippen LogP contribution in [0.15, 0.2) is 47.5 Å². The second kappa shape index (κ2) is 9.38. The first kappa shape index (κ1) is 21.3. The number of rotatable bonds is 5. The number of benzene rings is 1. The topological polar surface area (TPSA) is 28.6 Å². The minimum atomic E-state index is 0. The molecule has 0 aliphatic carbocycles. The molecule has 1 fully saturated rings. The van der Waals surface area contributed by atoms with Gasteiger partial charge in [-0.15, -0.1) is 24.2 Å². The van der Waals surface area contributed by atoms with Crippen molar-refractivity contribution in [1.29, 1.82) is 0 Å². The van der Waals surface area contributed by atoms with Crippen molar-refractivity contribution in [3.8, 4) is 5.75 Å². The summed E-state index contributed by atoms with van der Waals surface area (Å²) in [4.78, 5) is 11.1. The lowest BCUT2D eigenvalue weighted by Gasteiger charge is -2.42. The number of nitrogens with zero attached hydrogens (tertiary/aromatic N) is 3. The number of ether oxygens (including phenoxy) is 1. The van der Waals surface area contributed by atoms with E-state index in [9.17, 15) is 0 Å². The smallest absolute Gasteiger partial charge is 0.171 e. The predicted octanol–water partition coefficient (Wildman–Crippen LogP) is 4.55. The third-order valence-corrected chi connectivity index (χ3v) is 7.19. The van der Waals surface area contributed by atoms with Gasteiger partial charge in [-0.3, -0.25) is 4.90 Å². The fraction of sp³-hybridized carbons (Fsp3) is 0.500. The Labute approximate surface area is 179 Å². The maximum Gasteiger partial charge on any atom is 0.171 e. The average molecular weight is 420 g/mol. The molecule has 0 spiro atoms. The zero-order valence-corrected chi connectivity index (χ0v) is 18.5. The molecule has 152 valence electrons. The quantitative estimate of drug-likeness (QED) is 0.709. The highest BCUT2D eigenvalue weighted by Gasteiger charge is 2.32. The van der Waals surface area contributed by atoms with Crippen molar-refractivity contribution in [2.75, 3.05) is 43.9 Å².